The van der Waals surface area contributed by atoms with Crippen molar-refractivity contribution in [3.8, 4) is 0 Å². The summed E-state index contributed by atoms with van der Waals surface area (Å²) in [6, 6.07) is 5.54. The maximum Gasteiger partial charge on any atom is 0.223 e. The lowest BCUT2D eigenvalue weighted by molar-refractivity contribution is -0.124. The number of hydrogen-bond acceptors (Lipinski definition) is 3. The third-order valence-electron chi connectivity index (χ3n) is 3.54. The van der Waals surface area contributed by atoms with E-state index >= 15 is 0 Å². The van der Waals surface area contributed by atoms with Gasteiger partial charge in [-0.05, 0) is 43.4 Å². The van der Waals surface area contributed by atoms with E-state index in [9.17, 15) is 19.4 Å². The number of benzene rings is 1. The van der Waals surface area contributed by atoms with Crippen LogP contribution in [-0.4, -0.2) is 28.3 Å². The average Bonchev–Trinajstić information content (AvgIpc) is 2.43. The molecule has 1 rings (SSSR count). The monoisotopic (exact) mass is 311 g/mol. The molecule has 0 bridgehead atoms. The molecule has 4 nitrogen and oxygen atoms in total. The van der Waals surface area contributed by atoms with Gasteiger partial charge in [-0.15, -0.1) is 0 Å². The second-order valence-corrected chi connectivity index (χ2v) is 6.48. The van der Waals surface area contributed by atoms with Crippen LogP contribution >= 0.6 is 0 Å². The Balaban J connectivity index is 2.42. The van der Waals surface area contributed by atoms with Gasteiger partial charge in [0.2, 0.25) is 5.91 Å². The Morgan fingerprint density at radius 3 is 2.68 bits per heavy atom. The molecule has 0 aliphatic heterocycles. The first-order valence-electron chi connectivity index (χ1n) is 7.62. The van der Waals surface area contributed by atoms with Crippen molar-refractivity contribution < 1.29 is 19.4 Å². The number of carbonyl (C=O) groups is 1. The van der Waals surface area contributed by atoms with E-state index in [1.54, 1.807) is 13.0 Å². The van der Waals surface area contributed by atoms with Gasteiger partial charge in [0.25, 0.3) is 0 Å². The van der Waals surface area contributed by atoms with Crippen molar-refractivity contribution in [2.45, 2.75) is 51.7 Å². The minimum atomic E-state index is -1.06. The molecule has 0 fully saturated rings. The Hall–Kier alpha value is -1.46. The maximum absolute atomic E-state index is 13.1. The van der Waals surface area contributed by atoms with Crippen LogP contribution in [-0.2, 0) is 4.79 Å². The molecule has 2 atom stereocenters. The van der Waals surface area contributed by atoms with E-state index in [0.29, 0.717) is 17.9 Å². The molecule has 1 amide bonds. The van der Waals surface area contributed by atoms with Crippen molar-refractivity contribution in [3.63, 3.8) is 0 Å². The lowest BCUT2D eigenvalue weighted by Gasteiger charge is -2.24. The molecule has 3 N–H and O–H groups in total. The Morgan fingerprint density at radius 1 is 1.41 bits per heavy atom. The summed E-state index contributed by atoms with van der Waals surface area (Å²) in [4.78, 5) is 11.8. The summed E-state index contributed by atoms with van der Waals surface area (Å²) >= 11 is 0. The van der Waals surface area contributed by atoms with E-state index in [1.165, 1.54) is 18.2 Å². The smallest absolute Gasteiger partial charge is 0.223 e. The number of aliphatic hydroxyl groups is 2. The summed E-state index contributed by atoms with van der Waals surface area (Å²) in [6.45, 7) is 5.96. The van der Waals surface area contributed by atoms with E-state index < -0.39 is 17.5 Å². The third kappa shape index (κ3) is 7.00. The number of amides is 1. The quantitative estimate of drug-likeness (QED) is 0.691. The molecule has 5 heteroatoms. The minimum absolute atomic E-state index is 0.133. The van der Waals surface area contributed by atoms with Gasteiger partial charge >= 0.3 is 0 Å². The molecule has 0 aliphatic carbocycles. The Morgan fingerprint density at radius 2 is 2.09 bits per heavy atom. The lowest BCUT2D eigenvalue weighted by Crippen LogP contribution is -2.41. The zero-order valence-corrected chi connectivity index (χ0v) is 13.5. The highest BCUT2D eigenvalue weighted by Gasteiger charge is 2.22. The van der Waals surface area contributed by atoms with Crippen LogP contribution in [0.2, 0.25) is 0 Å². The zero-order valence-electron chi connectivity index (χ0n) is 13.5. The maximum atomic E-state index is 13.1. The number of rotatable bonds is 8. The van der Waals surface area contributed by atoms with Crippen molar-refractivity contribution in [1.82, 2.24) is 5.32 Å². The van der Waals surface area contributed by atoms with Gasteiger partial charge in [-0.2, -0.15) is 0 Å². The SMILES string of the molecule is CC(C)CCC(C)(O)CNC(=O)CC(O)c1cccc(F)c1. The number of hydrogen-bond donors (Lipinski definition) is 3. The Labute approximate surface area is 131 Å². The van der Waals surface area contributed by atoms with Gasteiger partial charge in [0.05, 0.1) is 18.1 Å². The van der Waals surface area contributed by atoms with Crippen LogP contribution in [0.25, 0.3) is 0 Å². The highest BCUT2D eigenvalue weighted by Crippen LogP contribution is 2.18. The van der Waals surface area contributed by atoms with Crippen LogP contribution in [0, 0.1) is 11.7 Å². The van der Waals surface area contributed by atoms with Crippen molar-refractivity contribution >= 4 is 5.91 Å². The normalized spacial score (nSPS) is 15.4. The molecule has 0 radical (unpaired) electrons. The number of aliphatic hydroxyl groups excluding tert-OH is 1. The Kier molecular flexibility index (Phi) is 6.97. The van der Waals surface area contributed by atoms with Crippen LogP contribution in [0.5, 0.6) is 0 Å². The van der Waals surface area contributed by atoms with E-state index in [0.717, 1.165) is 6.42 Å². The summed E-state index contributed by atoms with van der Waals surface area (Å²) in [5, 5.41) is 22.7. The summed E-state index contributed by atoms with van der Waals surface area (Å²) in [6.07, 6.45) is 0.243. The van der Waals surface area contributed by atoms with Crippen molar-refractivity contribution in [3.05, 3.63) is 35.6 Å². The fraction of sp³-hybridized carbons (Fsp3) is 0.588. The number of halogens is 1. The molecule has 0 spiro atoms. The van der Waals surface area contributed by atoms with Gasteiger partial charge in [-0.25, -0.2) is 4.39 Å². The number of carbonyl (C=O) groups excluding carboxylic acids is 1. The molecule has 2 unspecified atom stereocenters. The van der Waals surface area contributed by atoms with E-state index in [2.05, 4.69) is 19.2 Å². The first kappa shape index (κ1) is 18.6. The molecule has 0 heterocycles. The third-order valence-corrected chi connectivity index (χ3v) is 3.54. The predicted molar refractivity (Wildman–Crippen MR) is 83.7 cm³/mol. The summed E-state index contributed by atoms with van der Waals surface area (Å²) in [7, 11) is 0. The van der Waals surface area contributed by atoms with E-state index in [1.807, 2.05) is 0 Å². The van der Waals surface area contributed by atoms with Crippen LogP contribution in [0.1, 0.15) is 51.7 Å². The summed E-state index contributed by atoms with van der Waals surface area (Å²) < 4.78 is 13.1. The topological polar surface area (TPSA) is 69.6 Å². The van der Waals surface area contributed by atoms with Crippen LogP contribution in [0.3, 0.4) is 0 Å². The van der Waals surface area contributed by atoms with Gasteiger partial charge in [0.1, 0.15) is 5.82 Å². The predicted octanol–water partition coefficient (Wildman–Crippen LogP) is 2.55. The lowest BCUT2D eigenvalue weighted by atomic mass is 9.95. The minimum Gasteiger partial charge on any atom is -0.388 e. The van der Waals surface area contributed by atoms with Crippen LogP contribution in [0.4, 0.5) is 4.39 Å². The molecular formula is C17H26FNO3. The number of nitrogens with one attached hydrogen (secondary N) is 1. The van der Waals surface area contributed by atoms with Gasteiger partial charge < -0.3 is 15.5 Å². The molecule has 0 saturated heterocycles. The molecule has 1 aromatic carbocycles. The fourth-order valence-corrected chi connectivity index (χ4v) is 2.06. The fourth-order valence-electron chi connectivity index (χ4n) is 2.06. The van der Waals surface area contributed by atoms with Gasteiger partial charge in [-0.3, -0.25) is 4.79 Å². The zero-order chi connectivity index (χ0) is 16.8. The molecule has 1 aromatic rings. The highest BCUT2D eigenvalue weighted by molar-refractivity contribution is 5.76. The van der Waals surface area contributed by atoms with Crippen LogP contribution in [0.15, 0.2) is 24.3 Å². The average molecular weight is 311 g/mol. The molecule has 0 aromatic heterocycles. The first-order chi connectivity index (χ1) is 10.2. The molecule has 124 valence electrons. The molecular weight excluding hydrogens is 285 g/mol. The van der Waals surface area contributed by atoms with Crippen LogP contribution < -0.4 is 5.32 Å². The highest BCUT2D eigenvalue weighted by atomic mass is 19.1. The first-order valence-corrected chi connectivity index (χ1v) is 7.62. The van der Waals surface area contributed by atoms with E-state index in [4.69, 9.17) is 0 Å². The van der Waals surface area contributed by atoms with E-state index in [-0.39, 0.29) is 18.9 Å². The second kappa shape index (κ2) is 8.25. The second-order valence-electron chi connectivity index (χ2n) is 6.48. The Bertz CT molecular complexity index is 489. The van der Waals surface area contributed by atoms with Gasteiger partial charge in [0.15, 0.2) is 0 Å². The van der Waals surface area contributed by atoms with Gasteiger partial charge in [-0.1, -0.05) is 26.0 Å². The van der Waals surface area contributed by atoms with Crippen molar-refractivity contribution in [2.24, 2.45) is 5.92 Å². The molecule has 22 heavy (non-hydrogen) atoms. The van der Waals surface area contributed by atoms with Gasteiger partial charge in [0, 0.05) is 6.54 Å². The molecule has 0 saturated carbocycles. The standard InChI is InChI=1S/C17H26FNO3/c1-12(2)7-8-17(3,22)11-19-16(21)10-15(20)13-5-4-6-14(18)9-13/h4-6,9,12,15,20,22H,7-8,10-11H2,1-3H3,(H,19,21). The van der Waals surface area contributed by atoms with Crippen molar-refractivity contribution in [2.75, 3.05) is 6.54 Å². The largest absolute Gasteiger partial charge is 0.388 e. The van der Waals surface area contributed by atoms with Crippen molar-refractivity contribution in [1.29, 1.82) is 0 Å². The summed E-state index contributed by atoms with van der Waals surface area (Å²) in [5.74, 6) is -0.341. The summed E-state index contributed by atoms with van der Waals surface area (Å²) in [5.41, 5.74) is -0.606. The molecule has 0 aliphatic rings.